The molecule has 0 radical (unpaired) electrons. The molecule has 0 saturated heterocycles. The van der Waals surface area contributed by atoms with Crippen LogP contribution in [-0.2, 0) is 11.3 Å². The summed E-state index contributed by atoms with van der Waals surface area (Å²) >= 11 is 0. The zero-order valence-electron chi connectivity index (χ0n) is 14.3. The van der Waals surface area contributed by atoms with E-state index in [1.165, 1.54) is 36.8 Å². The van der Waals surface area contributed by atoms with E-state index in [2.05, 4.69) is 49.2 Å². The van der Waals surface area contributed by atoms with E-state index in [4.69, 9.17) is 0 Å². The molecule has 1 amide bonds. The highest BCUT2D eigenvalue weighted by Crippen LogP contribution is 2.25. The van der Waals surface area contributed by atoms with Crippen LogP contribution in [0, 0.1) is 6.92 Å². The highest BCUT2D eigenvalue weighted by atomic mass is 16.2. The van der Waals surface area contributed by atoms with Gasteiger partial charge in [0.05, 0.1) is 0 Å². The van der Waals surface area contributed by atoms with Gasteiger partial charge in [-0.1, -0.05) is 57.2 Å². The fraction of sp³-hybridized carbons (Fsp3) is 0.632. The largest absolute Gasteiger partial charge is 0.373 e. The molecule has 3 nitrogen and oxygen atoms in total. The van der Waals surface area contributed by atoms with Crippen molar-refractivity contribution in [2.45, 2.75) is 71.9 Å². The Bertz CT molecular complexity index is 498. The van der Waals surface area contributed by atoms with Gasteiger partial charge in [0.1, 0.15) is 6.04 Å². The molecule has 3 heteroatoms. The van der Waals surface area contributed by atoms with Crippen molar-refractivity contribution in [1.29, 1.82) is 0 Å². The van der Waals surface area contributed by atoms with Crippen molar-refractivity contribution >= 4 is 11.6 Å². The summed E-state index contributed by atoms with van der Waals surface area (Å²) in [4.78, 5) is 14.8. The first-order valence-electron chi connectivity index (χ1n) is 8.80. The summed E-state index contributed by atoms with van der Waals surface area (Å²) < 4.78 is 0. The van der Waals surface area contributed by atoms with Crippen molar-refractivity contribution in [3.8, 4) is 0 Å². The number of nitrogens with one attached hydrogen (secondary N) is 1. The van der Waals surface area contributed by atoms with Crippen LogP contribution in [0.5, 0.6) is 0 Å². The Kier molecular flexibility index (Phi) is 6.29. The van der Waals surface area contributed by atoms with Crippen molar-refractivity contribution < 1.29 is 4.79 Å². The second-order valence-corrected chi connectivity index (χ2v) is 6.44. The normalized spacial score (nSPS) is 17.9. The van der Waals surface area contributed by atoms with E-state index in [9.17, 15) is 4.79 Å². The Morgan fingerprint density at radius 1 is 1.18 bits per heavy atom. The molecule has 0 aliphatic carbocycles. The summed E-state index contributed by atoms with van der Waals surface area (Å²) in [6.45, 7) is 8.05. The average Bonchev–Trinajstić information content (AvgIpc) is 2.64. The van der Waals surface area contributed by atoms with Crippen LogP contribution in [0.2, 0.25) is 0 Å². The first-order valence-corrected chi connectivity index (χ1v) is 8.80. The molecule has 1 aromatic carbocycles. The van der Waals surface area contributed by atoms with Gasteiger partial charge in [-0.05, 0) is 31.4 Å². The number of carbonyl (C=O) groups excluding carboxylic acids is 1. The van der Waals surface area contributed by atoms with Crippen molar-refractivity contribution in [1.82, 2.24) is 4.90 Å². The summed E-state index contributed by atoms with van der Waals surface area (Å²) in [7, 11) is 0. The highest BCUT2D eigenvalue weighted by molar-refractivity contribution is 5.86. The maximum absolute atomic E-state index is 12.7. The molecule has 0 spiro atoms. The van der Waals surface area contributed by atoms with Gasteiger partial charge in [-0.2, -0.15) is 0 Å². The number of amides is 1. The molecule has 1 aliphatic rings. The molecule has 1 aromatic rings. The Morgan fingerprint density at radius 2 is 1.95 bits per heavy atom. The van der Waals surface area contributed by atoms with E-state index in [1.807, 2.05) is 0 Å². The van der Waals surface area contributed by atoms with E-state index in [0.717, 1.165) is 31.6 Å². The van der Waals surface area contributed by atoms with Gasteiger partial charge < -0.3 is 10.2 Å². The number of benzene rings is 1. The van der Waals surface area contributed by atoms with Crippen LogP contribution >= 0.6 is 0 Å². The minimum absolute atomic E-state index is 0.0837. The second kappa shape index (κ2) is 8.21. The predicted octanol–water partition coefficient (Wildman–Crippen LogP) is 4.50. The van der Waals surface area contributed by atoms with Gasteiger partial charge in [-0.15, -0.1) is 0 Å². The third kappa shape index (κ3) is 4.25. The zero-order chi connectivity index (χ0) is 15.9. The lowest BCUT2D eigenvalue weighted by molar-refractivity contribution is -0.132. The molecule has 122 valence electrons. The maximum atomic E-state index is 12.7. The Balaban J connectivity index is 2.06. The van der Waals surface area contributed by atoms with Crippen LogP contribution in [-0.4, -0.2) is 23.4 Å². The molecule has 22 heavy (non-hydrogen) atoms. The lowest BCUT2D eigenvalue weighted by atomic mass is 10.1. The number of fused-ring (bicyclic) bond motifs is 1. The summed E-state index contributed by atoms with van der Waals surface area (Å²) in [5.41, 5.74) is 3.63. The number of hydrogen-bond acceptors (Lipinski definition) is 2. The second-order valence-electron chi connectivity index (χ2n) is 6.44. The quantitative estimate of drug-likeness (QED) is 0.752. The number of nitrogens with zero attached hydrogens (tertiary/aromatic N) is 1. The number of rotatable bonds is 7. The summed E-state index contributed by atoms with van der Waals surface area (Å²) in [5.74, 6) is 0.256. The van der Waals surface area contributed by atoms with Gasteiger partial charge in [0.15, 0.2) is 0 Å². The van der Waals surface area contributed by atoms with Gasteiger partial charge in [-0.25, -0.2) is 0 Å². The van der Waals surface area contributed by atoms with Crippen LogP contribution < -0.4 is 5.32 Å². The van der Waals surface area contributed by atoms with Gasteiger partial charge in [-0.3, -0.25) is 4.79 Å². The first-order chi connectivity index (χ1) is 10.7. The van der Waals surface area contributed by atoms with Gasteiger partial charge in [0, 0.05) is 18.8 Å². The number of carbonyl (C=O) groups is 1. The van der Waals surface area contributed by atoms with Gasteiger partial charge in [0.2, 0.25) is 5.91 Å². The van der Waals surface area contributed by atoms with E-state index in [-0.39, 0.29) is 11.9 Å². The summed E-state index contributed by atoms with van der Waals surface area (Å²) in [6.07, 6.45) is 7.01. The van der Waals surface area contributed by atoms with E-state index >= 15 is 0 Å². The number of anilines is 1. The molecule has 0 unspecified atom stereocenters. The summed E-state index contributed by atoms with van der Waals surface area (Å²) in [5, 5.41) is 3.44. The van der Waals surface area contributed by atoms with Crippen molar-refractivity contribution in [2.75, 3.05) is 11.9 Å². The lowest BCUT2D eigenvalue weighted by Crippen LogP contribution is -2.40. The Hall–Kier alpha value is -1.51. The minimum Gasteiger partial charge on any atom is -0.373 e. The lowest BCUT2D eigenvalue weighted by Gasteiger charge is -2.24. The smallest absolute Gasteiger partial charge is 0.245 e. The van der Waals surface area contributed by atoms with Crippen molar-refractivity contribution in [3.63, 3.8) is 0 Å². The minimum atomic E-state index is -0.0837. The van der Waals surface area contributed by atoms with Crippen molar-refractivity contribution in [3.05, 3.63) is 29.3 Å². The first kappa shape index (κ1) is 16.9. The van der Waals surface area contributed by atoms with Crippen LogP contribution in [0.1, 0.15) is 63.5 Å². The van der Waals surface area contributed by atoms with Crippen LogP contribution in [0.4, 0.5) is 5.69 Å². The molecule has 0 aromatic heterocycles. The fourth-order valence-corrected chi connectivity index (χ4v) is 3.12. The SMILES string of the molecule is CCCCCCCN1Cc2cc(C)ccc2N[C@@H](CC)C1=O. The Labute approximate surface area is 135 Å². The van der Waals surface area contributed by atoms with E-state index < -0.39 is 0 Å². The molecule has 0 fully saturated rings. The highest BCUT2D eigenvalue weighted by Gasteiger charge is 2.27. The predicted molar refractivity (Wildman–Crippen MR) is 93.1 cm³/mol. The van der Waals surface area contributed by atoms with Gasteiger partial charge >= 0.3 is 0 Å². The maximum Gasteiger partial charge on any atom is 0.245 e. The Morgan fingerprint density at radius 3 is 2.68 bits per heavy atom. The molecule has 2 rings (SSSR count). The van der Waals surface area contributed by atoms with E-state index in [0.29, 0.717) is 0 Å². The van der Waals surface area contributed by atoms with Crippen LogP contribution in [0.3, 0.4) is 0 Å². The number of unbranched alkanes of at least 4 members (excludes halogenated alkanes) is 4. The molecular formula is C19H30N2O. The number of hydrogen-bond donors (Lipinski definition) is 1. The third-order valence-corrected chi connectivity index (χ3v) is 4.50. The molecule has 0 saturated carbocycles. The standard InChI is InChI=1S/C19H30N2O/c1-4-6-7-8-9-12-21-14-16-13-15(3)10-11-18(16)20-17(5-2)19(21)22/h10-11,13,17,20H,4-9,12,14H2,1-3H3/t17-/m0/s1. The van der Waals surface area contributed by atoms with Crippen molar-refractivity contribution in [2.24, 2.45) is 0 Å². The van der Waals surface area contributed by atoms with E-state index in [1.54, 1.807) is 0 Å². The zero-order valence-corrected chi connectivity index (χ0v) is 14.3. The molecular weight excluding hydrogens is 272 g/mol. The van der Waals surface area contributed by atoms with Crippen LogP contribution in [0.15, 0.2) is 18.2 Å². The van der Waals surface area contributed by atoms with Gasteiger partial charge in [0.25, 0.3) is 0 Å². The third-order valence-electron chi connectivity index (χ3n) is 4.50. The summed E-state index contributed by atoms with van der Waals surface area (Å²) in [6, 6.07) is 6.35. The monoisotopic (exact) mass is 302 g/mol. The fourth-order valence-electron chi connectivity index (χ4n) is 3.12. The topological polar surface area (TPSA) is 32.3 Å². The molecule has 1 heterocycles. The molecule has 0 bridgehead atoms. The average molecular weight is 302 g/mol. The molecule has 1 N–H and O–H groups in total. The molecule has 1 aliphatic heterocycles. The molecule has 1 atom stereocenters. The van der Waals surface area contributed by atoms with Crippen LogP contribution in [0.25, 0.3) is 0 Å². The number of aryl methyl sites for hydroxylation is 1.